The lowest BCUT2D eigenvalue weighted by Crippen LogP contribution is -2.57. The standard InChI is InChI=1S/C32H38FN3O7/c1-4-5-6-9-21-41-26-12-10-11-25(15-16-26)22-34-31(39)29(42-23(2)37)30(43-24(3)38)32(40)36-19-17-35(18-20-36)28-14-8-7-13-27(28)33/h7-8,10,12-16,29-30H,4,9,11,17-22H2,1-3H3,(H,34,39)/t29-,30-/m1/s1. The van der Waals surface area contributed by atoms with Gasteiger partial charge in [-0.05, 0) is 36.3 Å². The molecule has 1 saturated heterocycles. The summed E-state index contributed by atoms with van der Waals surface area (Å²) in [6, 6.07) is 6.34. The third-order valence-electron chi connectivity index (χ3n) is 6.58. The van der Waals surface area contributed by atoms with Gasteiger partial charge in [-0.2, -0.15) is 0 Å². The number of para-hydroxylation sites is 1. The quantitative estimate of drug-likeness (QED) is 0.236. The molecule has 1 aliphatic heterocycles. The maximum Gasteiger partial charge on any atom is 0.303 e. The number of anilines is 1. The van der Waals surface area contributed by atoms with Crippen molar-refractivity contribution < 1.29 is 37.8 Å². The van der Waals surface area contributed by atoms with Gasteiger partial charge in [-0.15, -0.1) is 5.92 Å². The van der Waals surface area contributed by atoms with E-state index in [1.807, 2.05) is 25.2 Å². The van der Waals surface area contributed by atoms with E-state index in [1.54, 1.807) is 29.2 Å². The molecule has 0 saturated carbocycles. The van der Waals surface area contributed by atoms with E-state index in [0.29, 0.717) is 44.0 Å². The van der Waals surface area contributed by atoms with Gasteiger partial charge >= 0.3 is 11.9 Å². The van der Waals surface area contributed by atoms with E-state index in [1.165, 1.54) is 11.0 Å². The fourth-order valence-electron chi connectivity index (χ4n) is 4.52. The monoisotopic (exact) mass is 595 g/mol. The van der Waals surface area contributed by atoms with Crippen molar-refractivity contribution in [2.45, 2.75) is 52.2 Å². The van der Waals surface area contributed by atoms with E-state index in [4.69, 9.17) is 14.2 Å². The number of piperazine rings is 1. The maximum atomic E-state index is 14.3. The molecule has 0 aromatic heterocycles. The molecule has 2 atom stereocenters. The molecule has 11 heteroatoms. The summed E-state index contributed by atoms with van der Waals surface area (Å²) in [6.07, 6.45) is 5.86. The van der Waals surface area contributed by atoms with E-state index in [2.05, 4.69) is 17.2 Å². The summed E-state index contributed by atoms with van der Waals surface area (Å²) in [6.45, 7) is 5.73. The number of halogens is 1. The highest BCUT2D eigenvalue weighted by atomic mass is 19.1. The molecule has 43 heavy (non-hydrogen) atoms. The lowest BCUT2D eigenvalue weighted by atomic mass is 10.1. The summed E-state index contributed by atoms with van der Waals surface area (Å²) in [4.78, 5) is 54.0. The van der Waals surface area contributed by atoms with Crippen LogP contribution in [0, 0.1) is 17.7 Å². The summed E-state index contributed by atoms with van der Waals surface area (Å²) in [5.74, 6) is 3.18. The molecule has 1 N–H and O–H groups in total. The van der Waals surface area contributed by atoms with Gasteiger partial charge in [0.05, 0.1) is 12.3 Å². The molecular formula is C32H38FN3O7. The summed E-state index contributed by atoms with van der Waals surface area (Å²) in [7, 11) is 0. The van der Waals surface area contributed by atoms with Crippen LogP contribution in [0.2, 0.25) is 0 Å². The van der Waals surface area contributed by atoms with Crippen molar-refractivity contribution in [3.63, 3.8) is 0 Å². The number of esters is 2. The molecule has 0 radical (unpaired) electrons. The van der Waals surface area contributed by atoms with E-state index >= 15 is 0 Å². The molecule has 0 spiro atoms. The molecule has 0 bridgehead atoms. The minimum absolute atomic E-state index is 0.0923. The summed E-state index contributed by atoms with van der Waals surface area (Å²) in [5.41, 5.74) is 1.25. The van der Waals surface area contributed by atoms with Gasteiger partial charge in [0, 0.05) is 59.4 Å². The highest BCUT2D eigenvalue weighted by Crippen LogP contribution is 2.21. The largest absolute Gasteiger partial charge is 0.493 e. The normalized spacial score (nSPS) is 15.9. The number of carbonyl (C=O) groups is 4. The number of ether oxygens (including phenoxy) is 3. The molecular weight excluding hydrogens is 557 g/mol. The van der Waals surface area contributed by atoms with Crippen LogP contribution in [0.4, 0.5) is 10.1 Å². The smallest absolute Gasteiger partial charge is 0.303 e. The van der Waals surface area contributed by atoms with Crippen molar-refractivity contribution in [1.29, 1.82) is 0 Å². The van der Waals surface area contributed by atoms with Crippen LogP contribution >= 0.6 is 0 Å². The second-order valence-electron chi connectivity index (χ2n) is 9.85. The van der Waals surface area contributed by atoms with Crippen LogP contribution in [0.5, 0.6) is 0 Å². The minimum atomic E-state index is -1.71. The van der Waals surface area contributed by atoms with Gasteiger partial charge in [0.25, 0.3) is 11.8 Å². The molecule has 1 heterocycles. The first-order valence-electron chi connectivity index (χ1n) is 14.2. The summed E-state index contributed by atoms with van der Waals surface area (Å²) in [5, 5.41) is 2.69. The van der Waals surface area contributed by atoms with Crippen molar-refractivity contribution >= 4 is 29.4 Å². The van der Waals surface area contributed by atoms with Crippen molar-refractivity contribution in [1.82, 2.24) is 10.2 Å². The zero-order valence-electron chi connectivity index (χ0n) is 24.8. The van der Waals surface area contributed by atoms with Crippen LogP contribution in [0.15, 0.2) is 59.9 Å². The lowest BCUT2D eigenvalue weighted by molar-refractivity contribution is -0.178. The Morgan fingerprint density at radius 1 is 0.977 bits per heavy atom. The average molecular weight is 596 g/mol. The predicted octanol–water partition coefficient (Wildman–Crippen LogP) is 3.04. The van der Waals surface area contributed by atoms with Crippen molar-refractivity contribution in [2.24, 2.45) is 0 Å². The van der Waals surface area contributed by atoms with Gasteiger partial charge < -0.3 is 29.3 Å². The molecule has 3 rings (SSSR count). The van der Waals surface area contributed by atoms with Crippen molar-refractivity contribution in [2.75, 3.05) is 44.2 Å². The zero-order chi connectivity index (χ0) is 31.2. The Labute approximate surface area is 251 Å². The Balaban J connectivity index is 1.66. The van der Waals surface area contributed by atoms with Crippen LogP contribution in [-0.4, -0.2) is 80.2 Å². The Morgan fingerprint density at radius 2 is 1.67 bits per heavy atom. The number of carbonyl (C=O) groups excluding carboxylic acids is 4. The highest BCUT2D eigenvalue weighted by Gasteiger charge is 2.42. The topological polar surface area (TPSA) is 114 Å². The van der Waals surface area contributed by atoms with Gasteiger partial charge in [0.1, 0.15) is 11.6 Å². The predicted molar refractivity (Wildman–Crippen MR) is 158 cm³/mol. The average Bonchev–Trinajstić information content (AvgIpc) is 3.22. The Morgan fingerprint density at radius 3 is 2.35 bits per heavy atom. The fraction of sp³-hybridized carbons (Fsp3) is 0.438. The molecule has 10 nitrogen and oxygen atoms in total. The number of nitrogens with zero attached hydrogens (tertiary/aromatic N) is 2. The fourth-order valence-corrected chi connectivity index (χ4v) is 4.52. The first-order valence-corrected chi connectivity index (χ1v) is 14.2. The molecule has 0 unspecified atom stereocenters. The number of hydrogen-bond donors (Lipinski definition) is 1. The number of rotatable bonds is 11. The summed E-state index contributed by atoms with van der Waals surface area (Å²) >= 11 is 0. The molecule has 1 aromatic rings. The Bertz CT molecular complexity index is 1320. The second-order valence-corrected chi connectivity index (χ2v) is 9.85. The number of hydrogen-bond acceptors (Lipinski definition) is 8. The van der Waals surface area contributed by atoms with E-state index in [-0.39, 0.29) is 25.5 Å². The molecule has 2 amide bonds. The zero-order valence-corrected chi connectivity index (χ0v) is 24.8. The Kier molecular flexibility index (Phi) is 12.8. The number of allylic oxidation sites excluding steroid dienone is 4. The molecule has 1 aromatic carbocycles. The molecule has 1 aliphatic carbocycles. The second kappa shape index (κ2) is 16.8. The minimum Gasteiger partial charge on any atom is -0.493 e. The van der Waals surface area contributed by atoms with Crippen LogP contribution < -0.4 is 10.2 Å². The van der Waals surface area contributed by atoms with Crippen LogP contribution in [-0.2, 0) is 33.4 Å². The van der Waals surface area contributed by atoms with Crippen LogP contribution in [0.1, 0.15) is 40.0 Å². The third-order valence-corrected chi connectivity index (χ3v) is 6.58. The van der Waals surface area contributed by atoms with Gasteiger partial charge in [-0.3, -0.25) is 19.2 Å². The molecule has 2 aliphatic rings. The molecule has 1 fully saturated rings. The number of nitrogens with one attached hydrogen (secondary N) is 1. The van der Waals surface area contributed by atoms with Gasteiger partial charge in [0.15, 0.2) is 0 Å². The maximum absolute atomic E-state index is 14.3. The van der Waals surface area contributed by atoms with Gasteiger partial charge in [0.2, 0.25) is 12.2 Å². The van der Waals surface area contributed by atoms with E-state index in [9.17, 15) is 23.6 Å². The van der Waals surface area contributed by atoms with Crippen molar-refractivity contribution in [3.05, 3.63) is 65.7 Å². The van der Waals surface area contributed by atoms with Crippen molar-refractivity contribution in [3.8, 4) is 11.8 Å². The first kappa shape index (κ1) is 32.9. The molecule has 230 valence electrons. The van der Waals surface area contributed by atoms with Crippen LogP contribution in [0.25, 0.3) is 0 Å². The van der Waals surface area contributed by atoms with Crippen LogP contribution in [0.3, 0.4) is 0 Å². The SMILES string of the molecule is CCC#CCCOC1=CC=C(CNC(=O)[C@H](OC(C)=O)[C@@H](OC(C)=O)C(=O)N2CCN(c3ccccc3F)CC2)CC=C1. The Hall–Kier alpha value is -4.59. The lowest BCUT2D eigenvalue weighted by Gasteiger charge is -2.38. The number of amides is 2. The number of benzene rings is 1. The van der Waals surface area contributed by atoms with E-state index in [0.717, 1.165) is 25.8 Å². The van der Waals surface area contributed by atoms with Gasteiger partial charge in [-0.25, -0.2) is 4.39 Å². The third kappa shape index (κ3) is 10.3. The summed E-state index contributed by atoms with van der Waals surface area (Å²) < 4.78 is 30.5. The van der Waals surface area contributed by atoms with Gasteiger partial charge in [-0.1, -0.05) is 37.1 Å². The highest BCUT2D eigenvalue weighted by molar-refractivity contribution is 5.93. The van der Waals surface area contributed by atoms with E-state index < -0.39 is 36.0 Å². The first-order chi connectivity index (χ1) is 20.7.